The summed E-state index contributed by atoms with van der Waals surface area (Å²) in [6.07, 6.45) is 11.8. The Morgan fingerprint density at radius 2 is 1.65 bits per heavy atom. The van der Waals surface area contributed by atoms with E-state index in [1.54, 1.807) is 0 Å². The number of fused-ring (bicyclic) bond motifs is 5. The highest BCUT2D eigenvalue weighted by Crippen LogP contribution is 2.66. The van der Waals surface area contributed by atoms with Gasteiger partial charge in [-0.3, -0.25) is 0 Å². The zero-order valence-corrected chi connectivity index (χ0v) is 17.9. The van der Waals surface area contributed by atoms with E-state index in [0.29, 0.717) is 10.8 Å². The lowest BCUT2D eigenvalue weighted by Crippen LogP contribution is -2.56. The number of likely N-dealkylation sites (N-methyl/N-ethyl adjacent to an activating group) is 1. The molecule has 4 fully saturated rings. The summed E-state index contributed by atoms with van der Waals surface area (Å²) in [6, 6.07) is 0.737. The van der Waals surface area contributed by atoms with Crippen LogP contribution in [-0.2, 0) is 0 Å². The average Bonchev–Trinajstić information content (AvgIpc) is 2.93. The maximum Gasteiger partial charge on any atom is 0.0543 e. The minimum absolute atomic E-state index is 0. The highest BCUT2D eigenvalue weighted by atomic mass is 35.5. The van der Waals surface area contributed by atoms with E-state index in [0.717, 1.165) is 55.6 Å². The second kappa shape index (κ2) is 7.54. The number of aliphatic hydroxyl groups is 1. The van der Waals surface area contributed by atoms with Crippen molar-refractivity contribution >= 4 is 12.4 Å². The summed E-state index contributed by atoms with van der Waals surface area (Å²) in [5.41, 5.74) is 6.86. The molecule has 0 heterocycles. The first-order chi connectivity index (χ1) is 11.9. The van der Waals surface area contributed by atoms with Gasteiger partial charge in [-0.25, -0.2) is 0 Å². The Labute approximate surface area is 166 Å². The number of hydrogen-bond donors (Lipinski definition) is 2. The summed E-state index contributed by atoms with van der Waals surface area (Å²) in [5.74, 6) is 3.54. The zero-order valence-electron chi connectivity index (χ0n) is 17.1. The van der Waals surface area contributed by atoms with E-state index >= 15 is 0 Å². The van der Waals surface area contributed by atoms with E-state index in [1.165, 1.54) is 44.9 Å². The van der Waals surface area contributed by atoms with Crippen LogP contribution in [0.3, 0.4) is 0 Å². The summed E-state index contributed by atoms with van der Waals surface area (Å²) in [5, 5.41) is 10.2. The Balaban J connectivity index is 0.00000196. The number of aliphatic hydroxyl groups excluding tert-OH is 1. The molecule has 0 amide bonds. The molecule has 8 atom stereocenters. The van der Waals surface area contributed by atoms with Crippen molar-refractivity contribution < 1.29 is 5.11 Å². The third-order valence-electron chi connectivity index (χ3n) is 9.60. The average molecular weight is 385 g/mol. The van der Waals surface area contributed by atoms with Crippen LogP contribution in [0.4, 0.5) is 0 Å². The van der Waals surface area contributed by atoms with Crippen molar-refractivity contribution in [1.82, 2.24) is 4.90 Å². The Bertz CT molecular complexity index is 503. The summed E-state index contributed by atoms with van der Waals surface area (Å²) in [6.45, 7) is 7.02. The molecule has 0 aliphatic heterocycles. The van der Waals surface area contributed by atoms with Gasteiger partial charge in [-0.2, -0.15) is 0 Å². The Morgan fingerprint density at radius 1 is 0.962 bits per heavy atom. The quantitative estimate of drug-likeness (QED) is 0.771. The van der Waals surface area contributed by atoms with E-state index in [2.05, 4.69) is 25.8 Å². The molecular formula is C22H41ClN2O. The lowest BCUT2D eigenvalue weighted by atomic mass is 9.45. The highest BCUT2D eigenvalue weighted by Gasteiger charge is 2.60. The van der Waals surface area contributed by atoms with Crippen LogP contribution >= 0.6 is 12.4 Å². The Kier molecular flexibility index (Phi) is 6.06. The smallest absolute Gasteiger partial charge is 0.0543 e. The first-order valence-corrected chi connectivity index (χ1v) is 11.0. The molecule has 3 N–H and O–H groups in total. The molecule has 0 aromatic carbocycles. The first kappa shape index (κ1) is 20.9. The van der Waals surface area contributed by atoms with Gasteiger partial charge in [0.15, 0.2) is 0 Å². The molecule has 0 saturated heterocycles. The van der Waals surface area contributed by atoms with Gasteiger partial charge >= 0.3 is 0 Å². The molecule has 8 unspecified atom stereocenters. The van der Waals surface area contributed by atoms with Crippen LogP contribution in [0.2, 0.25) is 0 Å². The normalized spacial score (nSPS) is 50.5. The van der Waals surface area contributed by atoms with Crippen molar-refractivity contribution in [3.8, 4) is 0 Å². The summed E-state index contributed by atoms with van der Waals surface area (Å²) in [4.78, 5) is 2.57. The van der Waals surface area contributed by atoms with Gasteiger partial charge in [0, 0.05) is 19.1 Å². The van der Waals surface area contributed by atoms with E-state index in [-0.39, 0.29) is 18.5 Å². The fraction of sp³-hybridized carbons (Fsp3) is 1.00. The lowest BCUT2D eigenvalue weighted by molar-refractivity contribution is -0.128. The molecule has 0 aromatic heterocycles. The molecule has 26 heavy (non-hydrogen) atoms. The third-order valence-corrected chi connectivity index (χ3v) is 9.60. The minimum Gasteiger partial charge on any atom is -0.393 e. The highest BCUT2D eigenvalue weighted by molar-refractivity contribution is 5.85. The monoisotopic (exact) mass is 384 g/mol. The maximum atomic E-state index is 10.2. The molecule has 4 rings (SSSR count). The number of hydrogen-bond acceptors (Lipinski definition) is 3. The summed E-state index contributed by atoms with van der Waals surface area (Å²) < 4.78 is 0. The van der Waals surface area contributed by atoms with Crippen molar-refractivity contribution in [2.24, 2.45) is 40.2 Å². The molecule has 0 aromatic rings. The molecule has 4 aliphatic rings. The van der Waals surface area contributed by atoms with Crippen LogP contribution in [-0.4, -0.2) is 42.3 Å². The van der Waals surface area contributed by atoms with Crippen LogP contribution in [0, 0.1) is 34.5 Å². The number of nitrogens with zero attached hydrogens (tertiary/aromatic N) is 1. The Morgan fingerprint density at radius 3 is 2.38 bits per heavy atom. The van der Waals surface area contributed by atoms with Crippen LogP contribution in [0.15, 0.2) is 0 Å². The maximum absolute atomic E-state index is 10.2. The SMILES string of the molecule is CN(CCN)C1CCC2C3CCC4CC(O)CCC4(C)C3CCC21C.Cl. The molecule has 0 radical (unpaired) electrons. The van der Waals surface area contributed by atoms with E-state index in [1.807, 2.05) is 0 Å². The molecule has 152 valence electrons. The number of nitrogens with two attached hydrogens (primary N) is 1. The standard InChI is InChI=1S/C22H40N2O.ClH/c1-21-10-8-16(25)14-15(21)4-5-17-18-6-7-20(24(3)13-12-23)22(18,2)11-9-19(17)21;/h15-20,25H,4-14,23H2,1-3H3;1H. The van der Waals surface area contributed by atoms with Crippen LogP contribution in [0.1, 0.15) is 71.6 Å². The molecule has 0 bridgehead atoms. The molecule has 4 aliphatic carbocycles. The minimum atomic E-state index is -0.0238. The van der Waals surface area contributed by atoms with Gasteiger partial charge in [-0.1, -0.05) is 13.8 Å². The lowest BCUT2D eigenvalue weighted by Gasteiger charge is -2.61. The van der Waals surface area contributed by atoms with Gasteiger partial charge in [-0.05, 0) is 99.3 Å². The van der Waals surface area contributed by atoms with Crippen LogP contribution in [0.25, 0.3) is 0 Å². The van der Waals surface area contributed by atoms with Crippen molar-refractivity contribution in [2.75, 3.05) is 20.1 Å². The predicted molar refractivity (Wildman–Crippen MR) is 110 cm³/mol. The molecule has 4 saturated carbocycles. The van der Waals surface area contributed by atoms with Gasteiger partial charge in [0.05, 0.1) is 6.10 Å². The molecule has 4 heteroatoms. The van der Waals surface area contributed by atoms with Gasteiger partial charge in [0.2, 0.25) is 0 Å². The first-order valence-electron chi connectivity index (χ1n) is 11.0. The van der Waals surface area contributed by atoms with Crippen molar-refractivity contribution in [2.45, 2.75) is 83.8 Å². The van der Waals surface area contributed by atoms with Gasteiger partial charge in [-0.15, -0.1) is 12.4 Å². The van der Waals surface area contributed by atoms with Crippen molar-refractivity contribution in [3.05, 3.63) is 0 Å². The van der Waals surface area contributed by atoms with Crippen molar-refractivity contribution in [3.63, 3.8) is 0 Å². The summed E-state index contributed by atoms with van der Waals surface area (Å²) >= 11 is 0. The predicted octanol–water partition coefficient (Wildman–Crippen LogP) is 4.07. The van der Waals surface area contributed by atoms with Crippen LogP contribution < -0.4 is 5.73 Å². The second-order valence-corrected chi connectivity index (χ2v) is 10.5. The summed E-state index contributed by atoms with van der Waals surface area (Å²) in [7, 11) is 2.30. The van der Waals surface area contributed by atoms with Gasteiger partial charge < -0.3 is 15.7 Å². The van der Waals surface area contributed by atoms with Crippen LogP contribution in [0.5, 0.6) is 0 Å². The van der Waals surface area contributed by atoms with E-state index in [9.17, 15) is 5.11 Å². The van der Waals surface area contributed by atoms with Crippen molar-refractivity contribution in [1.29, 1.82) is 0 Å². The number of halogens is 1. The fourth-order valence-electron chi connectivity index (χ4n) is 8.29. The van der Waals surface area contributed by atoms with Gasteiger partial charge in [0.1, 0.15) is 0 Å². The molecule has 0 spiro atoms. The largest absolute Gasteiger partial charge is 0.393 e. The second-order valence-electron chi connectivity index (χ2n) is 10.5. The Hall–Kier alpha value is 0.170. The molecular weight excluding hydrogens is 344 g/mol. The van der Waals surface area contributed by atoms with Gasteiger partial charge in [0.25, 0.3) is 0 Å². The number of rotatable bonds is 3. The molecule has 3 nitrogen and oxygen atoms in total. The zero-order chi connectivity index (χ0) is 17.8. The third kappa shape index (κ3) is 3.06. The van der Waals surface area contributed by atoms with E-state index in [4.69, 9.17) is 5.73 Å². The van der Waals surface area contributed by atoms with E-state index < -0.39 is 0 Å². The fourth-order valence-corrected chi connectivity index (χ4v) is 8.29. The topological polar surface area (TPSA) is 49.5 Å².